The molecule has 3 rings (SSSR count). The number of nitrogen functional groups attached to an aromatic ring is 1. The van der Waals surface area contributed by atoms with Gasteiger partial charge in [0.15, 0.2) is 0 Å². The lowest BCUT2D eigenvalue weighted by atomic mass is 10.1. The fourth-order valence-electron chi connectivity index (χ4n) is 3.09. The highest BCUT2D eigenvalue weighted by Gasteiger charge is 2.29. The van der Waals surface area contributed by atoms with E-state index in [2.05, 4.69) is 42.2 Å². The van der Waals surface area contributed by atoms with Crippen molar-refractivity contribution in [1.29, 1.82) is 5.41 Å². The summed E-state index contributed by atoms with van der Waals surface area (Å²) >= 11 is 1.63. The molecule has 2 aromatic rings. The second-order valence-electron chi connectivity index (χ2n) is 5.32. The Kier molecular flexibility index (Phi) is 3.64. The monoisotopic (exact) mass is 297 g/mol. The summed E-state index contributed by atoms with van der Waals surface area (Å²) in [6.45, 7) is 2.22. The standard InChI is InChI=1S/C17H19N3S/c1-11-10-12-6-3-4-7-13(12)20(11)14-8-5-9-15(21-2)16(14)17(18)19/h3-9,11H,10H2,1-2H3,(H3,18,19). The van der Waals surface area contributed by atoms with Crippen LogP contribution in [0.2, 0.25) is 0 Å². The molecule has 0 bridgehead atoms. The summed E-state index contributed by atoms with van der Waals surface area (Å²) in [5.41, 5.74) is 10.3. The Balaban J connectivity index is 2.19. The van der Waals surface area contributed by atoms with Crippen LogP contribution in [-0.2, 0) is 6.42 Å². The van der Waals surface area contributed by atoms with Crippen LogP contribution in [-0.4, -0.2) is 18.1 Å². The molecular weight excluding hydrogens is 278 g/mol. The molecule has 1 unspecified atom stereocenters. The van der Waals surface area contributed by atoms with Crippen LogP contribution in [0.25, 0.3) is 0 Å². The highest BCUT2D eigenvalue weighted by Crippen LogP contribution is 2.41. The van der Waals surface area contributed by atoms with Crippen molar-refractivity contribution < 1.29 is 0 Å². The molecule has 4 heteroatoms. The van der Waals surface area contributed by atoms with Crippen molar-refractivity contribution in [3.63, 3.8) is 0 Å². The molecule has 1 heterocycles. The van der Waals surface area contributed by atoms with Gasteiger partial charge in [0.1, 0.15) is 5.84 Å². The van der Waals surface area contributed by atoms with E-state index in [0.717, 1.165) is 22.6 Å². The molecule has 1 aliphatic rings. The number of hydrogen-bond acceptors (Lipinski definition) is 3. The summed E-state index contributed by atoms with van der Waals surface area (Å²) < 4.78 is 0. The maximum absolute atomic E-state index is 7.97. The van der Waals surface area contributed by atoms with Crippen LogP contribution >= 0.6 is 11.8 Å². The van der Waals surface area contributed by atoms with Gasteiger partial charge in [-0.05, 0) is 43.4 Å². The second kappa shape index (κ2) is 5.45. The van der Waals surface area contributed by atoms with E-state index < -0.39 is 0 Å². The highest BCUT2D eigenvalue weighted by atomic mass is 32.2. The van der Waals surface area contributed by atoms with Crippen molar-refractivity contribution in [3.05, 3.63) is 53.6 Å². The molecule has 0 saturated carbocycles. The van der Waals surface area contributed by atoms with Crippen LogP contribution in [0.4, 0.5) is 11.4 Å². The molecule has 0 amide bonds. The van der Waals surface area contributed by atoms with Crippen LogP contribution in [0, 0.1) is 5.41 Å². The van der Waals surface area contributed by atoms with Gasteiger partial charge in [0.2, 0.25) is 0 Å². The average molecular weight is 297 g/mol. The summed E-state index contributed by atoms with van der Waals surface area (Å²) in [5.74, 6) is 0.131. The first-order valence-electron chi connectivity index (χ1n) is 7.02. The summed E-state index contributed by atoms with van der Waals surface area (Å²) in [6, 6.07) is 15.0. The van der Waals surface area contributed by atoms with Gasteiger partial charge in [0.25, 0.3) is 0 Å². The Morgan fingerprint density at radius 2 is 1.90 bits per heavy atom. The molecular formula is C17H19N3S. The zero-order valence-corrected chi connectivity index (χ0v) is 13.1. The van der Waals surface area contributed by atoms with Gasteiger partial charge in [-0.15, -0.1) is 11.8 Å². The predicted octanol–water partition coefficient (Wildman–Crippen LogP) is 3.78. The van der Waals surface area contributed by atoms with Crippen LogP contribution < -0.4 is 10.6 Å². The first kappa shape index (κ1) is 14.0. The Hall–Kier alpha value is -1.94. The van der Waals surface area contributed by atoms with Crippen molar-refractivity contribution in [2.24, 2.45) is 5.73 Å². The van der Waals surface area contributed by atoms with Gasteiger partial charge < -0.3 is 10.6 Å². The fraction of sp³-hybridized carbons (Fsp3) is 0.235. The maximum atomic E-state index is 7.97. The van der Waals surface area contributed by atoms with Crippen molar-refractivity contribution in [2.45, 2.75) is 24.3 Å². The van der Waals surface area contributed by atoms with Crippen LogP contribution in [0.3, 0.4) is 0 Å². The molecule has 0 aliphatic carbocycles. The Morgan fingerprint density at radius 3 is 2.62 bits per heavy atom. The third-order valence-corrected chi connectivity index (χ3v) is 4.74. The third kappa shape index (κ3) is 2.29. The number of rotatable bonds is 3. The Bertz CT molecular complexity index is 696. The molecule has 3 nitrogen and oxygen atoms in total. The van der Waals surface area contributed by atoms with Gasteiger partial charge in [-0.25, -0.2) is 0 Å². The number of benzene rings is 2. The van der Waals surface area contributed by atoms with Crippen molar-refractivity contribution in [3.8, 4) is 0 Å². The lowest BCUT2D eigenvalue weighted by Gasteiger charge is -2.28. The minimum atomic E-state index is 0.131. The normalized spacial score (nSPS) is 16.9. The third-order valence-electron chi connectivity index (χ3n) is 3.96. The van der Waals surface area contributed by atoms with E-state index in [-0.39, 0.29) is 5.84 Å². The minimum Gasteiger partial charge on any atom is -0.384 e. The number of nitrogens with zero attached hydrogens (tertiary/aromatic N) is 1. The zero-order valence-electron chi connectivity index (χ0n) is 12.3. The lowest BCUT2D eigenvalue weighted by Crippen LogP contribution is -2.27. The smallest absolute Gasteiger partial charge is 0.126 e. The lowest BCUT2D eigenvalue weighted by molar-refractivity contribution is 0.757. The molecule has 1 aliphatic heterocycles. The number of anilines is 2. The summed E-state index contributed by atoms with van der Waals surface area (Å²) in [5, 5.41) is 7.97. The van der Waals surface area contributed by atoms with Crippen LogP contribution in [0.15, 0.2) is 47.4 Å². The quantitative estimate of drug-likeness (QED) is 0.515. The Morgan fingerprint density at radius 1 is 1.19 bits per heavy atom. The SMILES string of the molecule is CSc1cccc(N2c3ccccc3CC2C)c1C(=N)N. The first-order valence-corrected chi connectivity index (χ1v) is 8.24. The average Bonchev–Trinajstić information content (AvgIpc) is 2.81. The number of fused-ring (bicyclic) bond motifs is 1. The molecule has 108 valence electrons. The van der Waals surface area contributed by atoms with Crippen molar-refractivity contribution >= 4 is 29.0 Å². The topological polar surface area (TPSA) is 53.1 Å². The van der Waals surface area contributed by atoms with Gasteiger partial charge in [0.05, 0.1) is 11.3 Å². The molecule has 21 heavy (non-hydrogen) atoms. The number of thioether (sulfide) groups is 1. The number of para-hydroxylation sites is 1. The molecule has 1 atom stereocenters. The van der Waals surface area contributed by atoms with Gasteiger partial charge in [-0.3, -0.25) is 5.41 Å². The van der Waals surface area contributed by atoms with Crippen LogP contribution in [0.5, 0.6) is 0 Å². The zero-order chi connectivity index (χ0) is 15.0. The van der Waals surface area contributed by atoms with Gasteiger partial charge >= 0.3 is 0 Å². The van der Waals surface area contributed by atoms with E-state index in [4.69, 9.17) is 11.1 Å². The van der Waals surface area contributed by atoms with E-state index in [0.29, 0.717) is 6.04 Å². The molecule has 0 fully saturated rings. The van der Waals surface area contributed by atoms with Crippen molar-refractivity contribution in [2.75, 3.05) is 11.2 Å². The van der Waals surface area contributed by atoms with Gasteiger partial charge in [-0.1, -0.05) is 24.3 Å². The van der Waals surface area contributed by atoms with E-state index in [1.54, 1.807) is 11.8 Å². The largest absolute Gasteiger partial charge is 0.384 e. The van der Waals surface area contributed by atoms with Gasteiger partial charge in [0, 0.05) is 16.6 Å². The number of nitrogens with two attached hydrogens (primary N) is 1. The summed E-state index contributed by atoms with van der Waals surface area (Å²) in [7, 11) is 0. The number of hydrogen-bond donors (Lipinski definition) is 2. The van der Waals surface area contributed by atoms with E-state index in [1.165, 1.54) is 11.3 Å². The molecule has 3 N–H and O–H groups in total. The van der Waals surface area contributed by atoms with E-state index in [9.17, 15) is 0 Å². The van der Waals surface area contributed by atoms with Crippen molar-refractivity contribution in [1.82, 2.24) is 0 Å². The molecule has 2 aromatic carbocycles. The second-order valence-corrected chi connectivity index (χ2v) is 6.17. The number of nitrogens with one attached hydrogen (secondary N) is 1. The summed E-state index contributed by atoms with van der Waals surface area (Å²) in [6.07, 6.45) is 3.05. The maximum Gasteiger partial charge on any atom is 0.126 e. The van der Waals surface area contributed by atoms with Gasteiger partial charge in [-0.2, -0.15) is 0 Å². The number of amidine groups is 1. The highest BCUT2D eigenvalue weighted by molar-refractivity contribution is 7.98. The van der Waals surface area contributed by atoms with Crippen LogP contribution in [0.1, 0.15) is 18.1 Å². The molecule has 0 spiro atoms. The van der Waals surface area contributed by atoms with E-state index >= 15 is 0 Å². The van der Waals surface area contributed by atoms with E-state index in [1.807, 2.05) is 18.4 Å². The minimum absolute atomic E-state index is 0.131. The predicted molar refractivity (Wildman–Crippen MR) is 91.0 cm³/mol. The fourth-order valence-corrected chi connectivity index (χ4v) is 3.73. The molecule has 0 radical (unpaired) electrons. The summed E-state index contributed by atoms with van der Waals surface area (Å²) in [4.78, 5) is 3.36. The Labute approximate surface area is 129 Å². The molecule has 0 aromatic heterocycles. The molecule has 0 saturated heterocycles. The first-order chi connectivity index (χ1) is 10.1.